The van der Waals surface area contributed by atoms with Crippen molar-refractivity contribution in [1.82, 2.24) is 9.78 Å². The lowest BCUT2D eigenvalue weighted by atomic mass is 10.6. The summed E-state index contributed by atoms with van der Waals surface area (Å²) in [6, 6.07) is 0. The van der Waals surface area contributed by atoms with Gasteiger partial charge in [0.05, 0.1) is 11.9 Å². The topological polar surface area (TPSA) is 144 Å². The van der Waals surface area contributed by atoms with Gasteiger partial charge in [-0.2, -0.15) is 5.10 Å². The second kappa shape index (κ2) is 4.82. The Kier molecular flexibility index (Phi) is 3.68. The maximum atomic E-state index is 11.2. The monoisotopic (exact) mass is 262 g/mol. The fourth-order valence-corrected chi connectivity index (χ4v) is 1.90. The number of carboxylic acid groups (broad SMARTS) is 1. The Balaban J connectivity index is 2.72. The number of carboxylic acids is 1. The molecule has 0 aliphatic rings. The number of sulfonamides is 1. The molecule has 0 saturated carbocycles. The number of nitrogens with one attached hydrogen (secondary N) is 1. The number of carbonyl (C=O) groups excluding carboxylic acids is 1. The van der Waals surface area contributed by atoms with Crippen LogP contribution in [0.5, 0.6) is 0 Å². The van der Waals surface area contributed by atoms with Crippen molar-refractivity contribution < 1.29 is 23.1 Å². The summed E-state index contributed by atoms with van der Waals surface area (Å²) in [7, 11) is -3.97. The first-order valence-electron chi connectivity index (χ1n) is 4.31. The third kappa shape index (κ3) is 4.51. The predicted molar refractivity (Wildman–Crippen MR) is 56.5 cm³/mol. The van der Waals surface area contributed by atoms with Crippen molar-refractivity contribution in [2.45, 2.75) is 6.54 Å². The Labute approximate surface area is 96.3 Å². The number of hydrogen-bond acceptors (Lipinski definition) is 5. The van der Waals surface area contributed by atoms with E-state index in [0.29, 0.717) is 0 Å². The summed E-state index contributed by atoms with van der Waals surface area (Å²) in [5, 5.41) is 12.0. The molecule has 0 saturated heterocycles. The van der Waals surface area contributed by atoms with E-state index in [1.54, 1.807) is 0 Å². The molecule has 0 fully saturated rings. The van der Waals surface area contributed by atoms with Crippen LogP contribution < -0.4 is 10.5 Å². The van der Waals surface area contributed by atoms with Crippen molar-refractivity contribution >= 4 is 27.6 Å². The average molecular weight is 262 g/mol. The summed E-state index contributed by atoms with van der Waals surface area (Å²) in [5.74, 6) is -3.15. The van der Waals surface area contributed by atoms with Crippen LogP contribution in [0.3, 0.4) is 0 Å². The molecule has 1 aromatic heterocycles. The minimum atomic E-state index is -3.97. The number of nitrogens with two attached hydrogens (primary N) is 1. The molecular weight excluding hydrogens is 252 g/mol. The third-order valence-corrected chi connectivity index (χ3v) is 2.71. The van der Waals surface area contributed by atoms with E-state index >= 15 is 0 Å². The Bertz CT molecular complexity index is 534. The molecule has 4 N–H and O–H groups in total. The molecule has 0 spiro atoms. The van der Waals surface area contributed by atoms with Crippen LogP contribution in [0, 0.1) is 0 Å². The highest BCUT2D eigenvalue weighted by atomic mass is 32.2. The SMILES string of the molecule is NC(=O)Cn1cc(NS(=O)(=O)CC(=O)O)cn1. The number of nitrogens with zero attached hydrogens (tertiary/aromatic N) is 2. The van der Waals surface area contributed by atoms with Gasteiger partial charge in [-0.25, -0.2) is 8.42 Å². The fourth-order valence-electron chi connectivity index (χ4n) is 1.04. The van der Waals surface area contributed by atoms with Crippen LogP contribution in [0.15, 0.2) is 12.4 Å². The van der Waals surface area contributed by atoms with E-state index < -0.39 is 27.7 Å². The van der Waals surface area contributed by atoms with Gasteiger partial charge in [-0.1, -0.05) is 0 Å². The lowest BCUT2D eigenvalue weighted by Crippen LogP contribution is -2.22. The normalized spacial score (nSPS) is 11.1. The van der Waals surface area contributed by atoms with Gasteiger partial charge >= 0.3 is 5.97 Å². The number of hydrogen-bond donors (Lipinski definition) is 3. The summed E-state index contributed by atoms with van der Waals surface area (Å²) >= 11 is 0. The zero-order valence-corrected chi connectivity index (χ0v) is 9.35. The fraction of sp³-hybridized carbons (Fsp3) is 0.286. The molecule has 0 aliphatic heterocycles. The lowest BCUT2D eigenvalue weighted by Gasteiger charge is -2.01. The van der Waals surface area contributed by atoms with Gasteiger partial charge in [-0.3, -0.25) is 19.0 Å². The highest BCUT2D eigenvalue weighted by molar-refractivity contribution is 7.93. The van der Waals surface area contributed by atoms with Crippen LogP contribution in [-0.4, -0.2) is 40.9 Å². The van der Waals surface area contributed by atoms with Gasteiger partial charge in [-0.05, 0) is 0 Å². The van der Waals surface area contributed by atoms with Crippen LogP contribution in [-0.2, 0) is 26.2 Å². The zero-order valence-electron chi connectivity index (χ0n) is 8.53. The van der Waals surface area contributed by atoms with Gasteiger partial charge in [0.25, 0.3) is 0 Å². The minimum Gasteiger partial charge on any atom is -0.480 e. The third-order valence-electron chi connectivity index (χ3n) is 1.54. The van der Waals surface area contributed by atoms with Crippen molar-refractivity contribution in [3.63, 3.8) is 0 Å². The number of rotatable bonds is 6. The highest BCUT2D eigenvalue weighted by Crippen LogP contribution is 2.07. The number of primary amides is 1. The van der Waals surface area contributed by atoms with E-state index in [1.807, 2.05) is 4.72 Å². The number of aliphatic carboxylic acids is 1. The molecule has 0 radical (unpaired) electrons. The second-order valence-corrected chi connectivity index (χ2v) is 4.87. The molecule has 1 rings (SSSR count). The summed E-state index contributed by atoms with van der Waals surface area (Å²) in [6.07, 6.45) is 2.37. The van der Waals surface area contributed by atoms with Gasteiger partial charge in [0.15, 0.2) is 5.75 Å². The van der Waals surface area contributed by atoms with Crippen LogP contribution >= 0.6 is 0 Å². The first kappa shape index (κ1) is 13.0. The molecule has 0 bridgehead atoms. The second-order valence-electron chi connectivity index (χ2n) is 3.15. The molecule has 10 heteroatoms. The maximum Gasteiger partial charge on any atom is 0.320 e. The summed E-state index contributed by atoms with van der Waals surface area (Å²) in [5.41, 5.74) is 4.97. The van der Waals surface area contributed by atoms with Gasteiger partial charge in [-0.15, -0.1) is 0 Å². The van der Waals surface area contributed by atoms with E-state index in [-0.39, 0.29) is 12.2 Å². The van der Waals surface area contributed by atoms with Crippen molar-refractivity contribution in [1.29, 1.82) is 0 Å². The van der Waals surface area contributed by atoms with E-state index in [0.717, 1.165) is 10.9 Å². The van der Waals surface area contributed by atoms with Crippen LogP contribution in [0.25, 0.3) is 0 Å². The minimum absolute atomic E-state index is 0.0625. The number of aromatic nitrogens is 2. The molecule has 0 unspecified atom stereocenters. The molecule has 0 aliphatic carbocycles. The molecule has 0 aromatic carbocycles. The number of anilines is 1. The van der Waals surface area contributed by atoms with Crippen LogP contribution in [0.4, 0.5) is 5.69 Å². The van der Waals surface area contributed by atoms with Crippen LogP contribution in [0.1, 0.15) is 0 Å². The molecule has 0 atom stereocenters. The van der Waals surface area contributed by atoms with Gasteiger partial charge < -0.3 is 10.8 Å². The largest absolute Gasteiger partial charge is 0.480 e. The van der Waals surface area contributed by atoms with Crippen molar-refractivity contribution in [2.24, 2.45) is 5.73 Å². The molecule has 17 heavy (non-hydrogen) atoms. The predicted octanol–water partition coefficient (Wildman–Crippen LogP) is -1.81. The van der Waals surface area contributed by atoms with Crippen molar-refractivity contribution in [3.8, 4) is 0 Å². The quantitative estimate of drug-likeness (QED) is 0.551. The summed E-state index contributed by atoms with van der Waals surface area (Å²) in [4.78, 5) is 20.8. The van der Waals surface area contributed by atoms with E-state index in [4.69, 9.17) is 10.8 Å². The van der Waals surface area contributed by atoms with E-state index in [2.05, 4.69) is 5.10 Å². The van der Waals surface area contributed by atoms with E-state index in [9.17, 15) is 18.0 Å². The first-order chi connectivity index (χ1) is 7.78. The van der Waals surface area contributed by atoms with Crippen LogP contribution in [0.2, 0.25) is 0 Å². The standard InChI is InChI=1S/C7H10N4O5S/c8-6(12)3-11-2-5(1-9-11)10-17(15,16)4-7(13)14/h1-2,10H,3-4H2,(H2,8,12)(H,13,14). The zero-order chi connectivity index (χ0) is 13.1. The lowest BCUT2D eigenvalue weighted by molar-refractivity contribution is -0.134. The summed E-state index contributed by atoms with van der Waals surface area (Å²) in [6.45, 7) is -0.194. The molecule has 94 valence electrons. The van der Waals surface area contributed by atoms with Gasteiger partial charge in [0, 0.05) is 6.20 Å². The molecular formula is C7H10N4O5S. The maximum absolute atomic E-state index is 11.2. The average Bonchev–Trinajstić information content (AvgIpc) is 2.46. The van der Waals surface area contributed by atoms with Crippen molar-refractivity contribution in [2.75, 3.05) is 10.5 Å². The smallest absolute Gasteiger partial charge is 0.320 e. The highest BCUT2D eigenvalue weighted by Gasteiger charge is 2.16. The van der Waals surface area contributed by atoms with Gasteiger partial charge in [0.1, 0.15) is 6.54 Å². The Morgan fingerprint density at radius 2 is 2.18 bits per heavy atom. The first-order valence-corrected chi connectivity index (χ1v) is 5.97. The Morgan fingerprint density at radius 3 is 2.71 bits per heavy atom. The molecule has 1 aromatic rings. The molecule has 1 heterocycles. The molecule has 9 nitrogen and oxygen atoms in total. The number of amides is 1. The van der Waals surface area contributed by atoms with Gasteiger partial charge in [0.2, 0.25) is 15.9 Å². The molecule has 1 amide bonds. The Morgan fingerprint density at radius 1 is 1.53 bits per heavy atom. The Hall–Kier alpha value is -2.10. The summed E-state index contributed by atoms with van der Waals surface area (Å²) < 4.78 is 25.6. The van der Waals surface area contributed by atoms with Crippen molar-refractivity contribution in [3.05, 3.63) is 12.4 Å². The van der Waals surface area contributed by atoms with E-state index in [1.165, 1.54) is 6.20 Å². The number of carbonyl (C=O) groups is 2.